The average molecular weight is 265 g/mol. The minimum atomic E-state index is -0.576. The highest BCUT2D eigenvalue weighted by atomic mass is 16.5. The van der Waals surface area contributed by atoms with Crippen molar-refractivity contribution >= 4 is 0 Å². The number of benzene rings is 2. The summed E-state index contributed by atoms with van der Waals surface area (Å²) in [7, 11) is 0. The second-order valence-electron chi connectivity index (χ2n) is 4.68. The van der Waals surface area contributed by atoms with E-state index in [-0.39, 0.29) is 0 Å². The molecule has 2 aromatic carbocycles. The summed E-state index contributed by atoms with van der Waals surface area (Å²) in [6.45, 7) is 0. The monoisotopic (exact) mass is 265 g/mol. The van der Waals surface area contributed by atoms with E-state index in [0.717, 1.165) is 16.8 Å². The minimum Gasteiger partial charge on any atom is -0.388 e. The third-order valence-corrected chi connectivity index (χ3v) is 3.21. The normalized spacial score (nSPS) is 12.2. The molecule has 0 spiro atoms. The van der Waals surface area contributed by atoms with Gasteiger partial charge in [0.2, 0.25) is 0 Å². The van der Waals surface area contributed by atoms with Gasteiger partial charge in [0.15, 0.2) is 0 Å². The Morgan fingerprint density at radius 3 is 2.30 bits per heavy atom. The van der Waals surface area contributed by atoms with Crippen LogP contribution in [0.2, 0.25) is 0 Å². The molecule has 0 aliphatic heterocycles. The molecular weight excluding hydrogens is 250 g/mol. The molecule has 1 heterocycles. The van der Waals surface area contributed by atoms with Crippen molar-refractivity contribution in [1.29, 1.82) is 0 Å². The molecule has 0 bridgehead atoms. The zero-order valence-electron chi connectivity index (χ0n) is 10.9. The maximum absolute atomic E-state index is 10.2. The Bertz CT molecular complexity index is 662. The zero-order valence-corrected chi connectivity index (χ0v) is 10.9. The van der Waals surface area contributed by atoms with Crippen LogP contribution in [-0.2, 0) is 6.42 Å². The predicted molar refractivity (Wildman–Crippen MR) is 77.0 cm³/mol. The van der Waals surface area contributed by atoms with Crippen LogP contribution in [0.4, 0.5) is 0 Å². The summed E-state index contributed by atoms with van der Waals surface area (Å²) in [5, 5.41) is 14.2. The lowest BCUT2D eigenvalue weighted by atomic mass is 10.0. The van der Waals surface area contributed by atoms with Crippen molar-refractivity contribution in [2.24, 2.45) is 0 Å². The van der Waals surface area contributed by atoms with Crippen LogP contribution >= 0.6 is 0 Å². The van der Waals surface area contributed by atoms with Gasteiger partial charge < -0.3 is 9.63 Å². The first kappa shape index (κ1) is 12.6. The molecule has 1 aromatic heterocycles. The summed E-state index contributed by atoms with van der Waals surface area (Å²) in [6.07, 6.45) is -0.156. The standard InChI is InChI=1S/C17H15NO2/c19-17(14-9-5-2-6-10-14)12-15-11-16(18-20-15)13-7-3-1-4-8-13/h1-11,17,19H,12H2. The number of hydrogen-bond donors (Lipinski definition) is 1. The molecular formula is C17H15NO2. The Morgan fingerprint density at radius 1 is 0.950 bits per heavy atom. The van der Waals surface area contributed by atoms with Crippen LogP contribution in [-0.4, -0.2) is 10.3 Å². The molecule has 0 amide bonds. The number of nitrogens with zero attached hydrogens (tertiary/aromatic N) is 1. The molecule has 0 radical (unpaired) electrons. The summed E-state index contributed by atoms with van der Waals surface area (Å²) in [5.74, 6) is 0.681. The number of aliphatic hydroxyl groups is 1. The van der Waals surface area contributed by atoms with E-state index in [2.05, 4.69) is 5.16 Å². The molecule has 0 saturated heterocycles. The first-order chi connectivity index (χ1) is 9.83. The van der Waals surface area contributed by atoms with Crippen molar-refractivity contribution in [1.82, 2.24) is 5.16 Å². The van der Waals surface area contributed by atoms with Crippen molar-refractivity contribution < 1.29 is 9.63 Å². The molecule has 20 heavy (non-hydrogen) atoms. The number of aromatic nitrogens is 1. The molecule has 3 heteroatoms. The van der Waals surface area contributed by atoms with Gasteiger partial charge >= 0.3 is 0 Å². The summed E-state index contributed by atoms with van der Waals surface area (Å²) in [6, 6.07) is 21.3. The molecule has 0 aliphatic carbocycles. The highest BCUT2D eigenvalue weighted by molar-refractivity contribution is 5.58. The van der Waals surface area contributed by atoms with Crippen LogP contribution in [0.1, 0.15) is 17.4 Å². The molecule has 1 unspecified atom stereocenters. The van der Waals surface area contributed by atoms with E-state index in [4.69, 9.17) is 4.52 Å². The number of rotatable bonds is 4. The number of hydrogen-bond acceptors (Lipinski definition) is 3. The van der Waals surface area contributed by atoms with Crippen LogP contribution in [0.3, 0.4) is 0 Å². The van der Waals surface area contributed by atoms with Crippen molar-refractivity contribution in [3.05, 3.63) is 78.1 Å². The van der Waals surface area contributed by atoms with Crippen molar-refractivity contribution in [2.45, 2.75) is 12.5 Å². The van der Waals surface area contributed by atoms with E-state index in [9.17, 15) is 5.11 Å². The summed E-state index contributed by atoms with van der Waals surface area (Å²) in [5.41, 5.74) is 2.68. The predicted octanol–water partition coefficient (Wildman–Crippen LogP) is 3.62. The van der Waals surface area contributed by atoms with Gasteiger partial charge in [-0.25, -0.2) is 0 Å². The van der Waals surface area contributed by atoms with E-state index in [0.29, 0.717) is 12.2 Å². The Morgan fingerprint density at radius 2 is 1.60 bits per heavy atom. The maximum Gasteiger partial charge on any atom is 0.140 e. The van der Waals surface area contributed by atoms with Crippen LogP contribution in [0.5, 0.6) is 0 Å². The number of aliphatic hydroxyl groups excluding tert-OH is 1. The highest BCUT2D eigenvalue weighted by Gasteiger charge is 2.13. The maximum atomic E-state index is 10.2. The lowest BCUT2D eigenvalue weighted by Gasteiger charge is -2.07. The molecule has 0 fully saturated rings. The van der Waals surface area contributed by atoms with Crippen molar-refractivity contribution in [3.8, 4) is 11.3 Å². The molecule has 0 saturated carbocycles. The first-order valence-corrected chi connectivity index (χ1v) is 6.57. The molecule has 100 valence electrons. The Kier molecular flexibility index (Phi) is 3.61. The second kappa shape index (κ2) is 5.72. The van der Waals surface area contributed by atoms with Gasteiger partial charge in [-0.2, -0.15) is 0 Å². The molecule has 1 atom stereocenters. The smallest absolute Gasteiger partial charge is 0.140 e. The summed E-state index contributed by atoms with van der Waals surface area (Å²) >= 11 is 0. The second-order valence-corrected chi connectivity index (χ2v) is 4.68. The highest BCUT2D eigenvalue weighted by Crippen LogP contribution is 2.22. The third kappa shape index (κ3) is 2.78. The van der Waals surface area contributed by atoms with E-state index >= 15 is 0 Å². The van der Waals surface area contributed by atoms with Crippen LogP contribution in [0, 0.1) is 0 Å². The lowest BCUT2D eigenvalue weighted by Crippen LogP contribution is -2.00. The van der Waals surface area contributed by atoms with Gasteiger partial charge in [-0.05, 0) is 5.56 Å². The summed E-state index contributed by atoms with van der Waals surface area (Å²) < 4.78 is 5.30. The minimum absolute atomic E-state index is 0.420. The fourth-order valence-electron chi connectivity index (χ4n) is 2.14. The van der Waals surface area contributed by atoms with Gasteiger partial charge in [-0.3, -0.25) is 0 Å². The van der Waals surface area contributed by atoms with Gasteiger partial charge in [0, 0.05) is 18.1 Å². The Balaban J connectivity index is 1.75. The van der Waals surface area contributed by atoms with Gasteiger partial charge in [0.1, 0.15) is 11.5 Å². The van der Waals surface area contributed by atoms with Gasteiger partial charge in [0.25, 0.3) is 0 Å². The molecule has 3 aromatic rings. The SMILES string of the molecule is OC(Cc1cc(-c2ccccc2)no1)c1ccccc1. The Labute approximate surface area is 117 Å². The fourth-order valence-corrected chi connectivity index (χ4v) is 2.14. The Hall–Kier alpha value is -2.39. The average Bonchev–Trinajstić information content (AvgIpc) is 2.97. The molecule has 3 rings (SSSR count). The first-order valence-electron chi connectivity index (χ1n) is 6.57. The van der Waals surface area contributed by atoms with E-state index in [1.54, 1.807) is 0 Å². The topological polar surface area (TPSA) is 46.3 Å². The molecule has 0 aliphatic rings. The van der Waals surface area contributed by atoms with E-state index in [1.165, 1.54) is 0 Å². The largest absolute Gasteiger partial charge is 0.388 e. The van der Waals surface area contributed by atoms with Crippen molar-refractivity contribution in [2.75, 3.05) is 0 Å². The molecule has 3 nitrogen and oxygen atoms in total. The third-order valence-electron chi connectivity index (χ3n) is 3.21. The van der Waals surface area contributed by atoms with Crippen LogP contribution < -0.4 is 0 Å². The van der Waals surface area contributed by atoms with Crippen LogP contribution in [0.25, 0.3) is 11.3 Å². The van der Waals surface area contributed by atoms with Gasteiger partial charge in [0.05, 0.1) is 6.10 Å². The van der Waals surface area contributed by atoms with Crippen LogP contribution in [0.15, 0.2) is 71.3 Å². The van der Waals surface area contributed by atoms with Crippen molar-refractivity contribution in [3.63, 3.8) is 0 Å². The fraction of sp³-hybridized carbons (Fsp3) is 0.118. The zero-order chi connectivity index (χ0) is 13.8. The van der Waals surface area contributed by atoms with E-state index < -0.39 is 6.10 Å². The van der Waals surface area contributed by atoms with Gasteiger partial charge in [-0.1, -0.05) is 65.8 Å². The quantitative estimate of drug-likeness (QED) is 0.783. The van der Waals surface area contributed by atoms with E-state index in [1.807, 2.05) is 66.7 Å². The van der Waals surface area contributed by atoms with Gasteiger partial charge in [-0.15, -0.1) is 0 Å². The lowest BCUT2D eigenvalue weighted by molar-refractivity contribution is 0.167. The molecule has 1 N–H and O–H groups in total. The summed E-state index contributed by atoms with van der Waals surface area (Å²) in [4.78, 5) is 0.